The van der Waals surface area contributed by atoms with E-state index in [0.717, 1.165) is 90.0 Å². The van der Waals surface area contributed by atoms with E-state index >= 15 is 0 Å². The number of rotatable bonds is 13. The standard InChI is InChI=1S/C26H49N3O2/c1-3-5-17-26(18-6-4-2)20-23(30)22(24(27)29-26)16-12-9-13-19-28-25(31)21-14-10-7-8-11-15-21/h21-23,30H,3-20H2,1-2H3,(H2,27,29)(H,28,31). The zero-order valence-corrected chi connectivity index (χ0v) is 20.3. The first-order valence-electron chi connectivity index (χ1n) is 13.3. The van der Waals surface area contributed by atoms with Gasteiger partial charge in [-0.05, 0) is 44.9 Å². The molecule has 1 amide bonds. The van der Waals surface area contributed by atoms with Gasteiger partial charge in [0.1, 0.15) is 5.84 Å². The largest absolute Gasteiger partial charge is 0.392 e. The third-order valence-corrected chi connectivity index (χ3v) is 7.51. The molecule has 180 valence electrons. The molecule has 2 aliphatic rings. The lowest BCUT2D eigenvalue weighted by molar-refractivity contribution is -0.125. The number of aliphatic hydroxyl groups excluding tert-OH is 1. The predicted molar refractivity (Wildman–Crippen MR) is 130 cm³/mol. The minimum Gasteiger partial charge on any atom is -0.392 e. The van der Waals surface area contributed by atoms with Crippen molar-refractivity contribution in [2.45, 2.75) is 135 Å². The van der Waals surface area contributed by atoms with E-state index in [2.05, 4.69) is 19.2 Å². The summed E-state index contributed by atoms with van der Waals surface area (Å²) in [5.41, 5.74) is 6.25. The highest BCUT2D eigenvalue weighted by molar-refractivity contribution is 5.84. The molecule has 31 heavy (non-hydrogen) atoms. The number of hydrogen-bond acceptors (Lipinski definition) is 4. The molecule has 0 aromatic carbocycles. The van der Waals surface area contributed by atoms with Crippen LogP contribution >= 0.6 is 0 Å². The average Bonchev–Trinajstić information content (AvgIpc) is 3.04. The number of hydrogen-bond donors (Lipinski definition) is 3. The van der Waals surface area contributed by atoms with Crippen LogP contribution in [-0.2, 0) is 4.79 Å². The Morgan fingerprint density at radius 1 is 1.03 bits per heavy atom. The summed E-state index contributed by atoms with van der Waals surface area (Å²) in [6.07, 6.45) is 18.1. The van der Waals surface area contributed by atoms with Gasteiger partial charge in [0.05, 0.1) is 11.6 Å². The Morgan fingerprint density at radius 2 is 1.68 bits per heavy atom. The molecule has 2 atom stereocenters. The molecule has 5 heteroatoms. The Balaban J connectivity index is 1.72. The number of unbranched alkanes of at least 4 members (excludes halogenated alkanes) is 4. The van der Waals surface area contributed by atoms with Gasteiger partial charge in [-0.2, -0.15) is 0 Å². The van der Waals surface area contributed by atoms with Crippen molar-refractivity contribution in [1.29, 1.82) is 0 Å². The van der Waals surface area contributed by atoms with Crippen molar-refractivity contribution in [3.8, 4) is 0 Å². The zero-order chi connectivity index (χ0) is 22.5. The molecule has 1 aliphatic carbocycles. The molecule has 2 rings (SSSR count). The predicted octanol–water partition coefficient (Wildman–Crippen LogP) is 5.49. The lowest BCUT2D eigenvalue weighted by Crippen LogP contribution is -2.47. The van der Waals surface area contributed by atoms with Crippen LogP contribution < -0.4 is 11.1 Å². The maximum absolute atomic E-state index is 12.4. The summed E-state index contributed by atoms with van der Waals surface area (Å²) in [7, 11) is 0. The minimum absolute atomic E-state index is 0.00282. The fourth-order valence-corrected chi connectivity index (χ4v) is 5.49. The van der Waals surface area contributed by atoms with E-state index in [-0.39, 0.29) is 29.4 Å². The van der Waals surface area contributed by atoms with Crippen molar-refractivity contribution in [2.75, 3.05) is 6.54 Å². The summed E-state index contributed by atoms with van der Waals surface area (Å²) in [6.45, 7) is 5.19. The Bertz CT molecular complexity index is 533. The number of aliphatic imine (C=N–C) groups is 1. The van der Waals surface area contributed by atoms with Crippen LogP contribution in [0, 0.1) is 11.8 Å². The molecule has 4 N–H and O–H groups in total. The molecule has 2 unspecified atom stereocenters. The average molecular weight is 436 g/mol. The third-order valence-electron chi connectivity index (χ3n) is 7.51. The van der Waals surface area contributed by atoms with Gasteiger partial charge in [0.15, 0.2) is 0 Å². The van der Waals surface area contributed by atoms with Gasteiger partial charge in [-0.1, -0.05) is 78.1 Å². The van der Waals surface area contributed by atoms with Crippen LogP contribution in [-0.4, -0.2) is 35.0 Å². The number of amidine groups is 1. The number of aliphatic hydroxyl groups is 1. The Hall–Kier alpha value is -1.10. The maximum Gasteiger partial charge on any atom is 0.223 e. The molecule has 5 nitrogen and oxygen atoms in total. The highest BCUT2D eigenvalue weighted by Crippen LogP contribution is 2.37. The van der Waals surface area contributed by atoms with Gasteiger partial charge in [0.2, 0.25) is 5.91 Å². The summed E-state index contributed by atoms with van der Waals surface area (Å²) in [6, 6.07) is 0. The normalized spacial score (nSPS) is 24.4. The molecular formula is C26H49N3O2. The van der Waals surface area contributed by atoms with Crippen LogP contribution in [0.5, 0.6) is 0 Å². The third kappa shape index (κ3) is 8.75. The topological polar surface area (TPSA) is 87.7 Å². The molecule has 1 aliphatic heterocycles. The highest BCUT2D eigenvalue weighted by Gasteiger charge is 2.39. The molecule has 1 saturated carbocycles. The van der Waals surface area contributed by atoms with Crippen LogP contribution in [0.3, 0.4) is 0 Å². The number of carbonyl (C=O) groups is 1. The van der Waals surface area contributed by atoms with Crippen LogP contribution in [0.25, 0.3) is 0 Å². The molecule has 0 radical (unpaired) electrons. The lowest BCUT2D eigenvalue weighted by Gasteiger charge is -2.40. The number of amides is 1. The number of nitrogens with one attached hydrogen (secondary N) is 1. The summed E-state index contributed by atoms with van der Waals surface area (Å²) < 4.78 is 0. The highest BCUT2D eigenvalue weighted by atomic mass is 16.3. The molecule has 0 aromatic heterocycles. The van der Waals surface area contributed by atoms with Gasteiger partial charge < -0.3 is 16.2 Å². The van der Waals surface area contributed by atoms with Crippen molar-refractivity contribution in [3.63, 3.8) is 0 Å². The molecule has 0 spiro atoms. The first-order chi connectivity index (χ1) is 15.0. The second-order valence-corrected chi connectivity index (χ2v) is 10.2. The van der Waals surface area contributed by atoms with Crippen molar-refractivity contribution in [1.82, 2.24) is 5.32 Å². The number of carbonyl (C=O) groups excluding carboxylic acids is 1. The quantitative estimate of drug-likeness (QED) is 0.264. The van der Waals surface area contributed by atoms with Crippen LogP contribution in [0.4, 0.5) is 0 Å². The molecule has 0 saturated heterocycles. The smallest absolute Gasteiger partial charge is 0.223 e. The zero-order valence-electron chi connectivity index (χ0n) is 20.3. The summed E-state index contributed by atoms with van der Waals surface area (Å²) >= 11 is 0. The van der Waals surface area contributed by atoms with Gasteiger partial charge in [-0.25, -0.2) is 0 Å². The Morgan fingerprint density at radius 3 is 2.26 bits per heavy atom. The van der Waals surface area contributed by atoms with Gasteiger partial charge in [0.25, 0.3) is 0 Å². The van der Waals surface area contributed by atoms with E-state index < -0.39 is 0 Å². The fraction of sp³-hybridized carbons (Fsp3) is 0.923. The van der Waals surface area contributed by atoms with Gasteiger partial charge in [-0.15, -0.1) is 0 Å². The number of nitrogens with two attached hydrogens (primary N) is 1. The lowest BCUT2D eigenvalue weighted by atomic mass is 9.76. The second kappa shape index (κ2) is 14.1. The Labute approximate surface area is 191 Å². The molecular weight excluding hydrogens is 386 g/mol. The fourth-order valence-electron chi connectivity index (χ4n) is 5.49. The molecule has 0 aromatic rings. The molecule has 1 heterocycles. The van der Waals surface area contributed by atoms with E-state index in [4.69, 9.17) is 10.7 Å². The van der Waals surface area contributed by atoms with Crippen molar-refractivity contribution in [3.05, 3.63) is 0 Å². The van der Waals surface area contributed by atoms with Gasteiger partial charge >= 0.3 is 0 Å². The van der Waals surface area contributed by atoms with Crippen LogP contribution in [0.15, 0.2) is 4.99 Å². The molecule has 0 bridgehead atoms. The maximum atomic E-state index is 12.4. The van der Waals surface area contributed by atoms with E-state index in [0.29, 0.717) is 5.84 Å². The summed E-state index contributed by atoms with van der Waals surface area (Å²) in [5.74, 6) is 1.16. The van der Waals surface area contributed by atoms with Crippen molar-refractivity contribution < 1.29 is 9.90 Å². The summed E-state index contributed by atoms with van der Waals surface area (Å²) in [4.78, 5) is 17.3. The first-order valence-corrected chi connectivity index (χ1v) is 13.3. The van der Waals surface area contributed by atoms with Gasteiger partial charge in [-0.3, -0.25) is 9.79 Å². The van der Waals surface area contributed by atoms with Crippen LogP contribution in [0.1, 0.15) is 123 Å². The van der Waals surface area contributed by atoms with E-state index in [1.165, 1.54) is 25.7 Å². The van der Waals surface area contributed by atoms with E-state index in [1.54, 1.807) is 0 Å². The van der Waals surface area contributed by atoms with Crippen LogP contribution in [0.2, 0.25) is 0 Å². The second-order valence-electron chi connectivity index (χ2n) is 10.2. The monoisotopic (exact) mass is 435 g/mol. The first kappa shape index (κ1) is 26.2. The summed E-state index contributed by atoms with van der Waals surface area (Å²) in [5, 5.41) is 14.0. The van der Waals surface area contributed by atoms with Gasteiger partial charge in [0, 0.05) is 18.4 Å². The molecule has 1 fully saturated rings. The van der Waals surface area contributed by atoms with Crippen molar-refractivity contribution >= 4 is 11.7 Å². The van der Waals surface area contributed by atoms with E-state index in [9.17, 15) is 9.90 Å². The SMILES string of the molecule is CCCCC1(CCCC)CC(O)C(CCCCCNC(=O)C2CCCCCC2)C(N)=N1. The van der Waals surface area contributed by atoms with Crippen molar-refractivity contribution in [2.24, 2.45) is 22.6 Å². The minimum atomic E-state index is -0.374. The Kier molecular flexibility index (Phi) is 11.9. The number of nitrogens with zero attached hydrogens (tertiary/aromatic N) is 1. The van der Waals surface area contributed by atoms with E-state index in [1.807, 2.05) is 0 Å².